The number of pyridine rings is 3. The normalized spacial score (nSPS) is 21.0. The van der Waals surface area contributed by atoms with Crippen molar-refractivity contribution >= 4 is 11.3 Å². The average molecular weight is 518 g/mol. The molecule has 9 heteroatoms. The van der Waals surface area contributed by atoms with Gasteiger partial charge in [0.2, 0.25) is 5.88 Å². The largest absolute Gasteiger partial charge is 0.481 e. The number of aromatic nitrogens is 4. The van der Waals surface area contributed by atoms with Crippen LogP contribution in [0, 0.1) is 23.2 Å². The predicted octanol–water partition coefficient (Wildman–Crippen LogP) is 3.01. The van der Waals surface area contributed by atoms with Crippen molar-refractivity contribution in [3.63, 3.8) is 0 Å². The molecular weight excluding hydrogens is 490 g/mol. The van der Waals surface area contributed by atoms with E-state index in [1.54, 1.807) is 24.0 Å². The Morgan fingerprint density at radius 1 is 1.10 bits per heavy atom. The molecule has 1 N–H and O–H groups in total. The highest BCUT2D eigenvalue weighted by atomic mass is 16.5. The third-order valence-corrected chi connectivity index (χ3v) is 7.99. The summed E-state index contributed by atoms with van der Waals surface area (Å²) in [4.78, 5) is 14.1. The van der Waals surface area contributed by atoms with Gasteiger partial charge in [-0.2, -0.15) is 10.4 Å². The van der Waals surface area contributed by atoms with Crippen molar-refractivity contribution in [2.45, 2.75) is 43.5 Å². The molecule has 39 heavy (non-hydrogen) atoms. The molecule has 7 heterocycles. The molecule has 0 amide bonds. The van der Waals surface area contributed by atoms with Gasteiger partial charge in [0.1, 0.15) is 17.5 Å². The van der Waals surface area contributed by atoms with E-state index in [4.69, 9.17) is 9.72 Å². The number of nitrogens with zero attached hydrogens (tertiary/aromatic N) is 7. The molecule has 194 valence electrons. The number of piperidine rings is 1. The first-order chi connectivity index (χ1) is 19.0. The minimum absolute atomic E-state index is 0.494. The number of aliphatic hydroxyl groups is 1. The van der Waals surface area contributed by atoms with Gasteiger partial charge in [0, 0.05) is 73.1 Å². The Balaban J connectivity index is 1.11. The third-order valence-electron chi connectivity index (χ3n) is 7.99. The number of methoxy groups -OCH3 is 1. The number of piperazine rings is 1. The van der Waals surface area contributed by atoms with Crippen molar-refractivity contribution in [2.75, 3.05) is 25.1 Å². The zero-order valence-corrected chi connectivity index (χ0v) is 21.6. The second kappa shape index (κ2) is 9.09. The van der Waals surface area contributed by atoms with Crippen molar-refractivity contribution < 1.29 is 9.84 Å². The number of nitriles is 1. The van der Waals surface area contributed by atoms with Gasteiger partial charge < -0.3 is 14.7 Å². The lowest BCUT2D eigenvalue weighted by atomic mass is 9.87. The summed E-state index contributed by atoms with van der Waals surface area (Å²) in [6, 6.07) is 13.3. The molecule has 2 atom stereocenters. The third kappa shape index (κ3) is 4.36. The molecule has 0 spiro atoms. The fourth-order valence-corrected chi connectivity index (χ4v) is 5.62. The second-order valence-corrected chi connectivity index (χ2v) is 10.6. The summed E-state index contributed by atoms with van der Waals surface area (Å²) >= 11 is 0. The lowest BCUT2D eigenvalue weighted by Gasteiger charge is -2.56. The summed E-state index contributed by atoms with van der Waals surface area (Å²) < 4.78 is 6.86. The monoisotopic (exact) mass is 517 g/mol. The Morgan fingerprint density at radius 3 is 2.62 bits per heavy atom. The molecule has 4 aromatic rings. The van der Waals surface area contributed by atoms with Crippen molar-refractivity contribution in [3.05, 3.63) is 71.8 Å². The van der Waals surface area contributed by atoms with Crippen LogP contribution in [0.3, 0.4) is 0 Å². The van der Waals surface area contributed by atoms with Gasteiger partial charge in [-0.25, -0.2) is 14.5 Å². The molecule has 0 radical (unpaired) electrons. The Morgan fingerprint density at radius 2 is 1.95 bits per heavy atom. The van der Waals surface area contributed by atoms with E-state index in [1.807, 2.05) is 24.5 Å². The van der Waals surface area contributed by atoms with Gasteiger partial charge in [-0.15, -0.1) is 0 Å². The summed E-state index contributed by atoms with van der Waals surface area (Å²) in [7, 11) is 1.63. The topological polar surface area (TPSA) is 103 Å². The molecule has 4 fully saturated rings. The highest BCUT2D eigenvalue weighted by Crippen LogP contribution is 2.37. The van der Waals surface area contributed by atoms with Gasteiger partial charge in [0.25, 0.3) is 0 Å². The number of hydrogen-bond donors (Lipinski definition) is 1. The fraction of sp³-hybridized carbons (Fsp3) is 0.333. The van der Waals surface area contributed by atoms with E-state index in [1.165, 1.54) is 12.0 Å². The van der Waals surface area contributed by atoms with E-state index >= 15 is 0 Å². The molecule has 2 bridgehead atoms. The fourth-order valence-electron chi connectivity index (χ4n) is 5.62. The van der Waals surface area contributed by atoms with Crippen molar-refractivity contribution in [2.24, 2.45) is 0 Å². The molecule has 3 aliphatic heterocycles. The van der Waals surface area contributed by atoms with Crippen molar-refractivity contribution in [1.82, 2.24) is 24.5 Å². The number of hydrogen-bond acceptors (Lipinski definition) is 8. The van der Waals surface area contributed by atoms with Crippen LogP contribution in [0.2, 0.25) is 0 Å². The number of ether oxygens (including phenoxy) is 1. The molecule has 4 aromatic heterocycles. The molecule has 0 aromatic carbocycles. The lowest BCUT2D eigenvalue weighted by molar-refractivity contribution is -0.00876. The van der Waals surface area contributed by atoms with E-state index in [2.05, 4.69) is 56.0 Å². The van der Waals surface area contributed by atoms with Crippen LogP contribution >= 0.6 is 0 Å². The first-order valence-corrected chi connectivity index (χ1v) is 13.1. The molecule has 9 nitrogen and oxygen atoms in total. The van der Waals surface area contributed by atoms with Gasteiger partial charge in [-0.1, -0.05) is 17.9 Å². The SMILES string of the molecule is COc1ccc(CN2C3CC2CN(c2ccc(-c4cc(C#CC5(O)CC5)cn5ncc(C#N)c45)cn2)C3)cn1. The van der Waals surface area contributed by atoms with E-state index in [9.17, 15) is 10.4 Å². The standard InChI is InChI=1S/C30H27N7O2/c1-39-28-5-2-21(13-33-28)16-36-24-11-25(36)19-35(18-24)27-4-3-22(14-32-27)26-10-20(6-7-30(38)8-9-30)17-37-29(26)23(12-31)15-34-37/h2-5,10,13-15,17,24-25,38H,8-9,11,16,18-19H2,1H3. The van der Waals surface area contributed by atoms with Gasteiger partial charge in [-0.3, -0.25) is 4.90 Å². The molecule has 3 saturated heterocycles. The summed E-state index contributed by atoms with van der Waals surface area (Å²) in [6.07, 6.45) is 9.75. The highest BCUT2D eigenvalue weighted by Gasteiger charge is 2.44. The smallest absolute Gasteiger partial charge is 0.212 e. The van der Waals surface area contributed by atoms with E-state index in [-0.39, 0.29) is 0 Å². The molecule has 1 saturated carbocycles. The lowest BCUT2D eigenvalue weighted by Crippen LogP contribution is -2.68. The number of fused-ring (bicyclic) bond motifs is 3. The average Bonchev–Trinajstić information content (AvgIpc) is 3.58. The van der Waals surface area contributed by atoms with Crippen LogP contribution in [0.25, 0.3) is 16.6 Å². The van der Waals surface area contributed by atoms with Gasteiger partial charge >= 0.3 is 0 Å². The summed E-state index contributed by atoms with van der Waals surface area (Å²) in [5, 5.41) is 24.2. The quantitative estimate of drug-likeness (QED) is 0.403. The maximum Gasteiger partial charge on any atom is 0.212 e. The Labute approximate surface area is 226 Å². The molecule has 1 aliphatic carbocycles. The first kappa shape index (κ1) is 23.7. The summed E-state index contributed by atoms with van der Waals surface area (Å²) in [6.45, 7) is 2.77. The van der Waals surface area contributed by atoms with E-state index in [0.717, 1.165) is 47.7 Å². The first-order valence-electron chi connectivity index (χ1n) is 13.1. The molecular formula is C30H27N7O2. The van der Waals surface area contributed by atoms with Crippen LogP contribution in [-0.4, -0.2) is 67.5 Å². The highest BCUT2D eigenvalue weighted by molar-refractivity contribution is 5.85. The minimum atomic E-state index is -0.865. The maximum absolute atomic E-state index is 10.2. The minimum Gasteiger partial charge on any atom is -0.481 e. The Kier molecular flexibility index (Phi) is 5.52. The molecule has 8 rings (SSSR count). The van der Waals surface area contributed by atoms with E-state index < -0.39 is 5.60 Å². The van der Waals surface area contributed by atoms with Crippen molar-refractivity contribution in [1.29, 1.82) is 5.26 Å². The van der Waals surface area contributed by atoms with Crippen LogP contribution in [0.4, 0.5) is 5.82 Å². The van der Waals surface area contributed by atoms with Gasteiger partial charge in [0.15, 0.2) is 0 Å². The van der Waals surface area contributed by atoms with E-state index in [0.29, 0.717) is 36.4 Å². The maximum atomic E-state index is 10.2. The predicted molar refractivity (Wildman–Crippen MR) is 145 cm³/mol. The Hall–Kier alpha value is -4.44. The van der Waals surface area contributed by atoms with Crippen LogP contribution in [-0.2, 0) is 6.54 Å². The zero-order valence-electron chi connectivity index (χ0n) is 21.6. The van der Waals surface area contributed by atoms with Gasteiger partial charge in [0.05, 0.1) is 24.4 Å². The molecule has 2 unspecified atom stereocenters. The van der Waals surface area contributed by atoms with Crippen LogP contribution < -0.4 is 9.64 Å². The second-order valence-electron chi connectivity index (χ2n) is 10.6. The Bertz CT molecular complexity index is 1640. The van der Waals surface area contributed by atoms with Crippen LogP contribution in [0.1, 0.15) is 36.0 Å². The number of rotatable bonds is 5. The summed E-state index contributed by atoms with van der Waals surface area (Å²) in [5.41, 5.74) is 4.03. The molecule has 4 aliphatic rings. The number of anilines is 1. The van der Waals surface area contributed by atoms with Gasteiger partial charge in [-0.05, 0) is 43.0 Å². The van der Waals surface area contributed by atoms with Crippen molar-refractivity contribution in [3.8, 4) is 34.9 Å². The summed E-state index contributed by atoms with van der Waals surface area (Å²) in [5.74, 6) is 7.64. The van der Waals surface area contributed by atoms with Crippen LogP contribution in [0.15, 0.2) is 55.1 Å². The zero-order chi connectivity index (χ0) is 26.6. The van der Waals surface area contributed by atoms with Crippen LogP contribution in [0.5, 0.6) is 5.88 Å².